The van der Waals surface area contributed by atoms with E-state index in [1.54, 1.807) is 19.6 Å². The van der Waals surface area contributed by atoms with E-state index in [0.717, 1.165) is 0 Å². The van der Waals surface area contributed by atoms with E-state index < -0.39 is 29.9 Å². The van der Waals surface area contributed by atoms with Gasteiger partial charge in [0.2, 0.25) is 0 Å². The highest BCUT2D eigenvalue weighted by molar-refractivity contribution is 5.70. The molecule has 0 amide bonds. The molecule has 180 valence electrons. The first-order chi connectivity index (χ1) is 15.1. The standard InChI is InChI=1S/C19H30N4O9/c1-2-32-14-15-9-22(12-18(28)29)6-5-20(10-16(24)25)3-4-21(11-17(26)27)7-8-23(15)13-19(30)31/h1,15H,3-14H2,(H,24,25)(H,26,27)(H,28,29)(H,30,31). The fraction of sp³-hybridized carbons (Fsp3) is 0.684. The molecule has 0 aromatic carbocycles. The summed E-state index contributed by atoms with van der Waals surface area (Å²) >= 11 is 0. The Morgan fingerprint density at radius 3 is 1.56 bits per heavy atom. The van der Waals surface area contributed by atoms with Gasteiger partial charge in [-0.15, -0.1) is 0 Å². The lowest BCUT2D eigenvalue weighted by Gasteiger charge is -2.36. The first kappa shape index (κ1) is 27.1. The molecular formula is C19H30N4O9. The molecule has 13 nitrogen and oxygen atoms in total. The lowest BCUT2D eigenvalue weighted by atomic mass is 10.2. The van der Waals surface area contributed by atoms with Crippen LogP contribution in [0.15, 0.2) is 0 Å². The Bertz CT molecular complexity index is 697. The summed E-state index contributed by atoms with van der Waals surface area (Å²) in [4.78, 5) is 51.6. The van der Waals surface area contributed by atoms with Crippen LogP contribution in [0.3, 0.4) is 0 Å². The molecule has 0 radical (unpaired) electrons. The maximum absolute atomic E-state index is 11.4. The third-order valence-electron chi connectivity index (χ3n) is 4.93. The van der Waals surface area contributed by atoms with E-state index in [9.17, 15) is 39.6 Å². The molecule has 0 spiro atoms. The van der Waals surface area contributed by atoms with Crippen molar-refractivity contribution < 1.29 is 44.3 Å². The van der Waals surface area contributed by atoms with Gasteiger partial charge in [0.15, 0.2) is 0 Å². The van der Waals surface area contributed by atoms with Crippen LogP contribution < -0.4 is 0 Å². The average Bonchev–Trinajstić information content (AvgIpc) is 2.67. The van der Waals surface area contributed by atoms with Crippen molar-refractivity contribution in [3.63, 3.8) is 0 Å². The fourth-order valence-electron chi connectivity index (χ4n) is 3.46. The zero-order valence-electron chi connectivity index (χ0n) is 17.8. The molecule has 1 fully saturated rings. The van der Waals surface area contributed by atoms with Gasteiger partial charge in [-0.2, -0.15) is 0 Å². The Balaban J connectivity index is 3.18. The molecule has 0 bridgehead atoms. The summed E-state index contributed by atoms with van der Waals surface area (Å²) in [5, 5.41) is 37.0. The Labute approximate surface area is 185 Å². The highest BCUT2D eigenvalue weighted by Crippen LogP contribution is 2.08. The molecule has 13 heteroatoms. The lowest BCUT2D eigenvalue weighted by molar-refractivity contribution is -0.142. The van der Waals surface area contributed by atoms with Crippen LogP contribution in [0.4, 0.5) is 0 Å². The molecule has 1 saturated heterocycles. The number of aliphatic carboxylic acids is 4. The van der Waals surface area contributed by atoms with Crippen molar-refractivity contribution in [3.8, 4) is 12.5 Å². The van der Waals surface area contributed by atoms with Crippen LogP contribution in [0.2, 0.25) is 0 Å². The molecule has 1 heterocycles. The Morgan fingerprint density at radius 1 is 0.719 bits per heavy atom. The van der Waals surface area contributed by atoms with Crippen molar-refractivity contribution in [1.29, 1.82) is 0 Å². The summed E-state index contributed by atoms with van der Waals surface area (Å²) in [5.41, 5.74) is 0. The van der Waals surface area contributed by atoms with E-state index >= 15 is 0 Å². The fourth-order valence-corrected chi connectivity index (χ4v) is 3.46. The number of carboxylic acids is 4. The first-order valence-corrected chi connectivity index (χ1v) is 9.96. The Hall–Kier alpha value is -2.92. The molecule has 0 aliphatic carbocycles. The van der Waals surface area contributed by atoms with Crippen molar-refractivity contribution in [2.75, 3.05) is 78.6 Å². The largest absolute Gasteiger partial charge is 0.480 e. The molecule has 1 rings (SSSR count). The van der Waals surface area contributed by atoms with Gasteiger partial charge in [0.25, 0.3) is 0 Å². The SMILES string of the molecule is C#COCC1CN(CC(=O)O)CCN(CC(=O)O)CCN(CC(=O)O)CCN1CC(=O)O. The van der Waals surface area contributed by atoms with Crippen LogP contribution in [0.1, 0.15) is 0 Å². The van der Waals surface area contributed by atoms with Gasteiger partial charge in [-0.1, -0.05) is 6.42 Å². The maximum Gasteiger partial charge on any atom is 0.317 e. The number of hydrogen-bond donors (Lipinski definition) is 4. The molecule has 0 saturated carbocycles. The number of carbonyl (C=O) groups is 4. The van der Waals surface area contributed by atoms with Gasteiger partial charge in [-0.05, 0) is 0 Å². The quantitative estimate of drug-likeness (QED) is 0.254. The molecule has 1 aliphatic heterocycles. The predicted octanol–water partition coefficient (Wildman–Crippen LogP) is -2.48. The zero-order valence-corrected chi connectivity index (χ0v) is 17.8. The molecule has 1 unspecified atom stereocenters. The summed E-state index contributed by atoms with van der Waals surface area (Å²) in [6.45, 7) is 0.0606. The van der Waals surface area contributed by atoms with Crippen molar-refractivity contribution >= 4 is 23.9 Å². The summed E-state index contributed by atoms with van der Waals surface area (Å²) < 4.78 is 5.05. The minimum Gasteiger partial charge on any atom is -0.480 e. The third kappa shape index (κ3) is 11.5. The molecule has 1 aliphatic rings. The van der Waals surface area contributed by atoms with Crippen LogP contribution in [-0.4, -0.2) is 149 Å². The second-order valence-corrected chi connectivity index (χ2v) is 7.42. The molecule has 4 N–H and O–H groups in total. The van der Waals surface area contributed by atoms with Crippen LogP contribution in [-0.2, 0) is 23.9 Å². The van der Waals surface area contributed by atoms with E-state index in [0.29, 0.717) is 0 Å². The van der Waals surface area contributed by atoms with Crippen molar-refractivity contribution in [2.24, 2.45) is 0 Å². The summed E-state index contributed by atoms with van der Waals surface area (Å²) in [5.74, 6) is -4.31. The van der Waals surface area contributed by atoms with Crippen LogP contribution in [0, 0.1) is 12.5 Å². The summed E-state index contributed by atoms with van der Waals surface area (Å²) in [7, 11) is 0. The van der Waals surface area contributed by atoms with Gasteiger partial charge >= 0.3 is 23.9 Å². The zero-order chi connectivity index (χ0) is 24.1. The highest BCUT2D eigenvalue weighted by Gasteiger charge is 2.27. The van der Waals surface area contributed by atoms with Crippen LogP contribution in [0.25, 0.3) is 0 Å². The summed E-state index contributed by atoms with van der Waals surface area (Å²) in [6.07, 6.45) is 7.19. The number of carboxylic acid groups (broad SMARTS) is 4. The number of terminal acetylenes is 1. The summed E-state index contributed by atoms with van der Waals surface area (Å²) in [6, 6.07) is -0.583. The number of nitrogens with zero attached hydrogens (tertiary/aromatic N) is 4. The minimum atomic E-state index is -1.11. The highest BCUT2D eigenvalue weighted by atomic mass is 16.5. The minimum absolute atomic E-state index is 0.0579. The van der Waals surface area contributed by atoms with E-state index in [1.165, 1.54) is 0 Å². The van der Waals surface area contributed by atoms with E-state index in [1.807, 2.05) is 6.11 Å². The molecular weight excluding hydrogens is 428 g/mol. The van der Waals surface area contributed by atoms with Gasteiger partial charge in [-0.3, -0.25) is 38.8 Å². The van der Waals surface area contributed by atoms with Crippen molar-refractivity contribution in [3.05, 3.63) is 0 Å². The maximum atomic E-state index is 11.4. The predicted molar refractivity (Wildman–Crippen MR) is 110 cm³/mol. The van der Waals surface area contributed by atoms with Gasteiger partial charge in [0.1, 0.15) is 12.7 Å². The van der Waals surface area contributed by atoms with E-state index in [-0.39, 0.29) is 78.6 Å². The van der Waals surface area contributed by atoms with Gasteiger partial charge in [-0.25, -0.2) is 0 Å². The second-order valence-electron chi connectivity index (χ2n) is 7.42. The average molecular weight is 458 g/mol. The lowest BCUT2D eigenvalue weighted by Crippen LogP contribution is -2.54. The Kier molecular flexibility index (Phi) is 12.0. The number of ether oxygens (including phenoxy) is 1. The van der Waals surface area contributed by atoms with Gasteiger partial charge < -0.3 is 25.2 Å². The van der Waals surface area contributed by atoms with E-state index in [4.69, 9.17) is 11.2 Å². The van der Waals surface area contributed by atoms with Crippen LogP contribution >= 0.6 is 0 Å². The van der Waals surface area contributed by atoms with Crippen LogP contribution in [0.5, 0.6) is 0 Å². The molecule has 1 atom stereocenters. The van der Waals surface area contributed by atoms with Crippen molar-refractivity contribution in [1.82, 2.24) is 19.6 Å². The smallest absolute Gasteiger partial charge is 0.317 e. The normalized spacial score (nSPS) is 20.4. The molecule has 0 aromatic heterocycles. The topological polar surface area (TPSA) is 171 Å². The van der Waals surface area contributed by atoms with Crippen molar-refractivity contribution in [2.45, 2.75) is 6.04 Å². The van der Waals surface area contributed by atoms with Gasteiger partial charge in [0, 0.05) is 45.8 Å². The first-order valence-electron chi connectivity index (χ1n) is 9.96. The number of rotatable bonds is 10. The number of hydrogen-bond acceptors (Lipinski definition) is 9. The molecule has 32 heavy (non-hydrogen) atoms. The third-order valence-corrected chi connectivity index (χ3v) is 4.93. The second kappa shape index (κ2) is 14.2. The monoisotopic (exact) mass is 458 g/mol. The van der Waals surface area contributed by atoms with Gasteiger partial charge in [0.05, 0.1) is 32.2 Å². The van der Waals surface area contributed by atoms with E-state index in [2.05, 4.69) is 0 Å². The Morgan fingerprint density at radius 2 is 1.12 bits per heavy atom. The molecule has 0 aromatic rings.